The molecule has 0 radical (unpaired) electrons. The van der Waals surface area contributed by atoms with E-state index in [-0.39, 0.29) is 11.8 Å². The van der Waals surface area contributed by atoms with Crippen molar-refractivity contribution in [2.75, 3.05) is 0 Å². The quantitative estimate of drug-likeness (QED) is 0.234. The highest BCUT2D eigenvalue weighted by Crippen LogP contribution is 2.52. The fraction of sp³-hybridized carbons (Fsp3) is 0.0526. The van der Waals surface area contributed by atoms with Crippen molar-refractivity contribution < 1.29 is 9.47 Å². The van der Waals surface area contributed by atoms with Crippen molar-refractivity contribution >= 4 is 0 Å². The Hall–Kier alpha value is -5.08. The van der Waals surface area contributed by atoms with Crippen LogP contribution in [0.5, 0.6) is 23.0 Å². The molecule has 0 saturated carbocycles. The average Bonchev–Trinajstić information content (AvgIpc) is 3.02. The van der Waals surface area contributed by atoms with Gasteiger partial charge in [-0.25, -0.2) is 0 Å². The first-order valence-electron chi connectivity index (χ1n) is 13.8. The second-order valence-corrected chi connectivity index (χ2v) is 10.4. The molecule has 2 heterocycles. The number of benzene rings is 6. The van der Waals surface area contributed by atoms with Gasteiger partial charge in [-0.3, -0.25) is 0 Å². The molecule has 0 N–H and O–H groups in total. The normalized spacial score (nSPS) is 16.4. The van der Waals surface area contributed by atoms with Crippen LogP contribution in [0.15, 0.2) is 146 Å². The molecular weight excluding hydrogens is 488 g/mol. The zero-order valence-electron chi connectivity index (χ0n) is 21.8. The molecule has 0 amide bonds. The zero-order chi connectivity index (χ0) is 26.5. The fourth-order valence-electron chi connectivity index (χ4n) is 6.40. The maximum atomic E-state index is 6.52. The SMILES string of the molecule is c1ccc(C2c3ccccc3Oc3ccc(-c4cccc5c4C(c4ccccc4)c4ccccc4O5)cc32)cc1. The second kappa shape index (κ2) is 9.29. The van der Waals surface area contributed by atoms with E-state index < -0.39 is 0 Å². The number of rotatable bonds is 3. The zero-order valence-corrected chi connectivity index (χ0v) is 21.8. The van der Waals surface area contributed by atoms with E-state index >= 15 is 0 Å². The molecule has 40 heavy (non-hydrogen) atoms. The Morgan fingerprint density at radius 3 is 1.60 bits per heavy atom. The van der Waals surface area contributed by atoms with Gasteiger partial charge in [-0.15, -0.1) is 0 Å². The van der Waals surface area contributed by atoms with Gasteiger partial charge in [0.15, 0.2) is 0 Å². The van der Waals surface area contributed by atoms with Crippen LogP contribution < -0.4 is 9.47 Å². The van der Waals surface area contributed by atoms with Gasteiger partial charge < -0.3 is 9.47 Å². The van der Waals surface area contributed by atoms with Crippen molar-refractivity contribution in [1.29, 1.82) is 0 Å². The van der Waals surface area contributed by atoms with Gasteiger partial charge >= 0.3 is 0 Å². The Morgan fingerprint density at radius 2 is 0.900 bits per heavy atom. The fourth-order valence-corrected chi connectivity index (χ4v) is 6.40. The number of hydrogen-bond acceptors (Lipinski definition) is 2. The molecule has 0 bridgehead atoms. The first-order valence-corrected chi connectivity index (χ1v) is 13.8. The highest BCUT2D eigenvalue weighted by Gasteiger charge is 2.33. The third-order valence-electron chi connectivity index (χ3n) is 8.15. The Balaban J connectivity index is 1.34. The topological polar surface area (TPSA) is 18.5 Å². The molecule has 2 atom stereocenters. The van der Waals surface area contributed by atoms with Crippen LogP contribution in [0.3, 0.4) is 0 Å². The van der Waals surface area contributed by atoms with Gasteiger partial charge in [-0.2, -0.15) is 0 Å². The van der Waals surface area contributed by atoms with Crippen LogP contribution in [0.25, 0.3) is 11.1 Å². The van der Waals surface area contributed by atoms with E-state index in [1.54, 1.807) is 0 Å². The lowest BCUT2D eigenvalue weighted by atomic mass is 9.78. The smallest absolute Gasteiger partial charge is 0.132 e. The summed E-state index contributed by atoms with van der Waals surface area (Å²) in [5.74, 6) is 3.80. The molecule has 2 aliphatic heterocycles. The molecule has 2 nitrogen and oxygen atoms in total. The Bertz CT molecular complexity index is 1860. The number of hydrogen-bond donors (Lipinski definition) is 0. The molecule has 6 aromatic carbocycles. The molecule has 0 fully saturated rings. The van der Waals surface area contributed by atoms with Crippen molar-refractivity contribution in [2.45, 2.75) is 11.8 Å². The first kappa shape index (κ1) is 22.9. The molecule has 2 unspecified atom stereocenters. The van der Waals surface area contributed by atoms with E-state index in [1.165, 1.54) is 38.9 Å². The van der Waals surface area contributed by atoms with Crippen molar-refractivity contribution in [3.05, 3.63) is 179 Å². The molecule has 0 aromatic heterocycles. The summed E-state index contributed by atoms with van der Waals surface area (Å²) in [7, 11) is 0. The summed E-state index contributed by atoms with van der Waals surface area (Å²) in [5.41, 5.74) is 9.58. The summed E-state index contributed by atoms with van der Waals surface area (Å²) >= 11 is 0. The van der Waals surface area contributed by atoms with E-state index in [0.717, 1.165) is 28.6 Å². The van der Waals surface area contributed by atoms with Crippen LogP contribution in [0.1, 0.15) is 45.2 Å². The minimum atomic E-state index is 0.0651. The summed E-state index contributed by atoms with van der Waals surface area (Å²) in [5, 5.41) is 0. The van der Waals surface area contributed by atoms with Gasteiger partial charge in [-0.1, -0.05) is 115 Å². The van der Waals surface area contributed by atoms with Crippen molar-refractivity contribution in [1.82, 2.24) is 0 Å². The van der Waals surface area contributed by atoms with Crippen molar-refractivity contribution in [3.63, 3.8) is 0 Å². The van der Waals surface area contributed by atoms with Gasteiger partial charge in [0.1, 0.15) is 23.0 Å². The Labute approximate surface area is 234 Å². The molecule has 0 spiro atoms. The molecule has 0 saturated heterocycles. The molecule has 2 aliphatic rings. The first-order chi connectivity index (χ1) is 19.8. The third kappa shape index (κ3) is 3.65. The van der Waals surface area contributed by atoms with E-state index in [2.05, 4.69) is 133 Å². The van der Waals surface area contributed by atoms with Gasteiger partial charge in [0.2, 0.25) is 0 Å². The maximum Gasteiger partial charge on any atom is 0.132 e. The monoisotopic (exact) mass is 514 g/mol. The van der Waals surface area contributed by atoms with Crippen LogP contribution in [0.4, 0.5) is 0 Å². The Morgan fingerprint density at radius 1 is 0.375 bits per heavy atom. The average molecular weight is 515 g/mol. The molecule has 2 heteroatoms. The largest absolute Gasteiger partial charge is 0.457 e. The lowest BCUT2D eigenvalue weighted by Gasteiger charge is -2.32. The molecule has 8 rings (SSSR count). The van der Waals surface area contributed by atoms with Crippen LogP contribution in [-0.4, -0.2) is 0 Å². The predicted octanol–water partition coefficient (Wildman–Crippen LogP) is 9.93. The van der Waals surface area contributed by atoms with Gasteiger partial charge in [-0.05, 0) is 52.6 Å². The van der Waals surface area contributed by atoms with Gasteiger partial charge in [0, 0.05) is 34.1 Å². The van der Waals surface area contributed by atoms with Crippen molar-refractivity contribution in [2.24, 2.45) is 0 Å². The third-order valence-corrected chi connectivity index (χ3v) is 8.15. The number of fused-ring (bicyclic) bond motifs is 4. The predicted molar refractivity (Wildman–Crippen MR) is 160 cm³/mol. The highest BCUT2D eigenvalue weighted by atomic mass is 16.5. The van der Waals surface area contributed by atoms with Crippen LogP contribution in [-0.2, 0) is 0 Å². The Kier molecular flexibility index (Phi) is 5.31. The minimum Gasteiger partial charge on any atom is -0.457 e. The van der Waals surface area contributed by atoms with E-state index in [1.807, 2.05) is 12.1 Å². The van der Waals surface area contributed by atoms with E-state index in [9.17, 15) is 0 Å². The summed E-state index contributed by atoms with van der Waals surface area (Å²) < 4.78 is 13.0. The second-order valence-electron chi connectivity index (χ2n) is 10.4. The lowest BCUT2D eigenvalue weighted by molar-refractivity contribution is 0.452. The van der Waals surface area contributed by atoms with Gasteiger partial charge in [0.05, 0.1) is 0 Å². The summed E-state index contributed by atoms with van der Waals surface area (Å²) in [6, 6.07) is 51.3. The summed E-state index contributed by atoms with van der Waals surface area (Å²) in [6.07, 6.45) is 0. The molecular formula is C38H26O2. The molecule has 190 valence electrons. The van der Waals surface area contributed by atoms with Crippen LogP contribution in [0.2, 0.25) is 0 Å². The molecule has 6 aromatic rings. The maximum absolute atomic E-state index is 6.52. The number of para-hydroxylation sites is 2. The standard InChI is InChI=1S/C38H26O2/c1-3-12-25(13-4-1)36-29-16-7-9-19-32(29)39-34-23-22-27(24-31(34)36)28-18-11-21-35-38(28)37(26-14-5-2-6-15-26)30-17-8-10-20-33(30)40-35/h1-24,36-37H. The summed E-state index contributed by atoms with van der Waals surface area (Å²) in [4.78, 5) is 0. The number of ether oxygens (including phenoxy) is 2. The lowest BCUT2D eigenvalue weighted by Crippen LogP contribution is -2.14. The molecule has 0 aliphatic carbocycles. The van der Waals surface area contributed by atoms with E-state index in [4.69, 9.17) is 9.47 Å². The van der Waals surface area contributed by atoms with Crippen LogP contribution >= 0.6 is 0 Å². The van der Waals surface area contributed by atoms with Gasteiger partial charge in [0.25, 0.3) is 0 Å². The van der Waals surface area contributed by atoms with E-state index in [0.29, 0.717) is 0 Å². The van der Waals surface area contributed by atoms with Crippen molar-refractivity contribution in [3.8, 4) is 34.1 Å². The minimum absolute atomic E-state index is 0.0651. The summed E-state index contributed by atoms with van der Waals surface area (Å²) in [6.45, 7) is 0. The van der Waals surface area contributed by atoms with Crippen LogP contribution in [0, 0.1) is 0 Å². The highest BCUT2D eigenvalue weighted by molar-refractivity contribution is 5.77.